The molecule has 0 atom stereocenters. The number of rotatable bonds is 0. The zero-order valence-corrected chi connectivity index (χ0v) is 7.12. The van der Waals surface area contributed by atoms with Crippen molar-refractivity contribution in [3.63, 3.8) is 0 Å². The van der Waals surface area contributed by atoms with Crippen molar-refractivity contribution in [1.82, 2.24) is 9.38 Å². The summed E-state index contributed by atoms with van der Waals surface area (Å²) in [5, 5.41) is 2.94. The zero-order valence-electron chi connectivity index (χ0n) is 5.40. The Labute approximate surface area is 67.9 Å². The quantitative estimate of drug-likeness (QED) is 0.598. The average Bonchev–Trinajstić information content (AvgIpc) is 2.41. The minimum absolute atomic E-state index is 0.941. The lowest BCUT2D eigenvalue weighted by Gasteiger charge is -1.84. The second kappa shape index (κ2) is 2.00. The van der Waals surface area contributed by atoms with Gasteiger partial charge in [0.25, 0.3) is 0 Å². The Balaban J connectivity index is 2.95. The van der Waals surface area contributed by atoms with Crippen LogP contribution in [0.1, 0.15) is 5.69 Å². The molecule has 0 saturated heterocycles. The SMILES string of the molecule is Cc1nc2sccn2c1S. The van der Waals surface area contributed by atoms with Crippen molar-refractivity contribution in [2.45, 2.75) is 11.9 Å². The molecule has 52 valence electrons. The summed E-state index contributed by atoms with van der Waals surface area (Å²) in [5.41, 5.74) is 0.996. The van der Waals surface area contributed by atoms with E-state index in [0.717, 1.165) is 15.7 Å². The van der Waals surface area contributed by atoms with Crippen molar-refractivity contribution in [3.8, 4) is 0 Å². The maximum absolute atomic E-state index is 4.29. The van der Waals surface area contributed by atoms with Crippen LogP contribution < -0.4 is 0 Å². The van der Waals surface area contributed by atoms with Gasteiger partial charge < -0.3 is 0 Å². The van der Waals surface area contributed by atoms with Crippen LogP contribution in [0.2, 0.25) is 0 Å². The van der Waals surface area contributed by atoms with Gasteiger partial charge >= 0.3 is 0 Å². The first-order valence-electron chi connectivity index (χ1n) is 2.90. The Hall–Kier alpha value is -0.480. The monoisotopic (exact) mass is 170 g/mol. The molecule has 0 unspecified atom stereocenters. The smallest absolute Gasteiger partial charge is 0.194 e. The number of hydrogen-bond donors (Lipinski definition) is 1. The highest BCUT2D eigenvalue weighted by Crippen LogP contribution is 2.18. The van der Waals surface area contributed by atoms with Gasteiger partial charge in [-0.3, -0.25) is 4.40 Å². The molecule has 2 aromatic heterocycles. The number of hydrogen-bond acceptors (Lipinski definition) is 3. The van der Waals surface area contributed by atoms with Crippen LogP contribution in [0.4, 0.5) is 0 Å². The molecule has 0 aromatic carbocycles. The van der Waals surface area contributed by atoms with E-state index < -0.39 is 0 Å². The Morgan fingerprint density at radius 1 is 1.70 bits per heavy atom. The fourth-order valence-corrected chi connectivity index (χ4v) is 1.92. The van der Waals surface area contributed by atoms with Crippen molar-refractivity contribution in [2.75, 3.05) is 0 Å². The van der Waals surface area contributed by atoms with Gasteiger partial charge in [-0.1, -0.05) is 0 Å². The van der Waals surface area contributed by atoms with Crippen LogP contribution in [0, 0.1) is 6.92 Å². The first kappa shape index (κ1) is 6.24. The second-order valence-corrected chi connectivity index (χ2v) is 3.37. The molecule has 0 saturated carbocycles. The van der Waals surface area contributed by atoms with Gasteiger partial charge in [-0.2, -0.15) is 0 Å². The standard InChI is InChI=1S/C6H6N2S2/c1-4-5(9)8-2-3-10-6(8)7-4/h2-3,9H,1H3. The predicted molar refractivity (Wildman–Crippen MR) is 45.1 cm³/mol. The Morgan fingerprint density at radius 3 is 3.20 bits per heavy atom. The lowest BCUT2D eigenvalue weighted by atomic mass is 10.6. The molecule has 2 heterocycles. The summed E-state index contributed by atoms with van der Waals surface area (Å²) in [7, 11) is 0. The number of fused-ring (bicyclic) bond motifs is 1. The Bertz CT molecular complexity index is 361. The van der Waals surface area contributed by atoms with E-state index >= 15 is 0 Å². The largest absolute Gasteiger partial charge is 0.285 e. The van der Waals surface area contributed by atoms with Crippen LogP contribution in [0.5, 0.6) is 0 Å². The van der Waals surface area contributed by atoms with Gasteiger partial charge in [0, 0.05) is 11.6 Å². The van der Waals surface area contributed by atoms with E-state index in [2.05, 4.69) is 17.6 Å². The van der Waals surface area contributed by atoms with Gasteiger partial charge in [-0.05, 0) is 6.92 Å². The maximum Gasteiger partial charge on any atom is 0.194 e. The third kappa shape index (κ3) is 0.690. The van der Waals surface area contributed by atoms with E-state index in [-0.39, 0.29) is 0 Å². The average molecular weight is 170 g/mol. The van der Waals surface area contributed by atoms with Crippen molar-refractivity contribution in [2.24, 2.45) is 0 Å². The first-order valence-corrected chi connectivity index (χ1v) is 4.23. The highest BCUT2D eigenvalue weighted by molar-refractivity contribution is 7.80. The van der Waals surface area contributed by atoms with Crippen LogP contribution in [0.25, 0.3) is 4.96 Å². The number of aromatic nitrogens is 2. The lowest BCUT2D eigenvalue weighted by molar-refractivity contribution is 1.05. The van der Waals surface area contributed by atoms with E-state index in [4.69, 9.17) is 0 Å². The predicted octanol–water partition coefficient (Wildman–Crippen LogP) is 1.99. The van der Waals surface area contributed by atoms with Crippen molar-refractivity contribution in [3.05, 3.63) is 17.3 Å². The summed E-state index contributed by atoms with van der Waals surface area (Å²) < 4.78 is 1.98. The molecule has 0 aliphatic rings. The molecule has 2 rings (SSSR count). The van der Waals surface area contributed by atoms with Crippen LogP contribution >= 0.6 is 24.0 Å². The fraction of sp³-hybridized carbons (Fsp3) is 0.167. The van der Waals surface area contributed by atoms with Crippen LogP contribution in [-0.4, -0.2) is 9.38 Å². The molecule has 0 amide bonds. The maximum atomic E-state index is 4.29. The number of aryl methyl sites for hydroxylation is 1. The normalized spacial score (nSPS) is 11.0. The van der Waals surface area contributed by atoms with Crippen LogP contribution in [0.15, 0.2) is 16.6 Å². The summed E-state index contributed by atoms with van der Waals surface area (Å²) in [5.74, 6) is 0. The summed E-state index contributed by atoms with van der Waals surface area (Å²) >= 11 is 5.91. The summed E-state index contributed by atoms with van der Waals surface area (Å²) in [6, 6.07) is 0. The summed E-state index contributed by atoms with van der Waals surface area (Å²) in [4.78, 5) is 5.29. The van der Waals surface area contributed by atoms with Gasteiger partial charge in [0.1, 0.15) is 0 Å². The number of imidazole rings is 1. The van der Waals surface area contributed by atoms with Crippen LogP contribution in [-0.2, 0) is 0 Å². The first-order chi connectivity index (χ1) is 4.79. The fourth-order valence-electron chi connectivity index (χ4n) is 0.882. The minimum Gasteiger partial charge on any atom is -0.285 e. The lowest BCUT2D eigenvalue weighted by Crippen LogP contribution is -1.75. The zero-order chi connectivity index (χ0) is 7.14. The van der Waals surface area contributed by atoms with E-state index in [1.807, 2.05) is 22.9 Å². The molecule has 0 aliphatic heterocycles. The van der Waals surface area contributed by atoms with E-state index in [9.17, 15) is 0 Å². The van der Waals surface area contributed by atoms with E-state index in [1.54, 1.807) is 11.3 Å². The highest BCUT2D eigenvalue weighted by Gasteiger charge is 2.03. The molecular weight excluding hydrogens is 164 g/mol. The van der Waals surface area contributed by atoms with Crippen molar-refractivity contribution >= 4 is 28.9 Å². The number of nitrogens with zero attached hydrogens (tertiary/aromatic N) is 2. The van der Waals surface area contributed by atoms with Gasteiger partial charge in [0.2, 0.25) is 0 Å². The highest BCUT2D eigenvalue weighted by atomic mass is 32.1. The van der Waals surface area contributed by atoms with Crippen molar-refractivity contribution in [1.29, 1.82) is 0 Å². The minimum atomic E-state index is 0.941. The summed E-state index contributed by atoms with van der Waals surface area (Å²) in [6.07, 6.45) is 1.97. The molecular formula is C6H6N2S2. The molecule has 0 bridgehead atoms. The number of thiazole rings is 1. The molecule has 0 spiro atoms. The van der Waals surface area contributed by atoms with Gasteiger partial charge in [0.05, 0.1) is 10.7 Å². The molecule has 2 aromatic rings. The van der Waals surface area contributed by atoms with Gasteiger partial charge in [0.15, 0.2) is 4.96 Å². The second-order valence-electron chi connectivity index (χ2n) is 2.08. The molecule has 2 nitrogen and oxygen atoms in total. The molecule has 0 fully saturated rings. The molecule has 10 heavy (non-hydrogen) atoms. The third-order valence-corrected chi connectivity index (χ3v) is 2.70. The molecule has 0 N–H and O–H groups in total. The van der Waals surface area contributed by atoms with Crippen LogP contribution in [0.3, 0.4) is 0 Å². The Kier molecular flexibility index (Phi) is 1.25. The van der Waals surface area contributed by atoms with E-state index in [0.29, 0.717) is 0 Å². The summed E-state index contributed by atoms with van der Waals surface area (Å²) in [6.45, 7) is 1.96. The number of thiol groups is 1. The van der Waals surface area contributed by atoms with Gasteiger partial charge in [-0.25, -0.2) is 4.98 Å². The molecule has 0 radical (unpaired) electrons. The van der Waals surface area contributed by atoms with Crippen molar-refractivity contribution < 1.29 is 0 Å². The van der Waals surface area contributed by atoms with E-state index in [1.165, 1.54) is 0 Å². The van der Waals surface area contributed by atoms with Gasteiger partial charge in [-0.15, -0.1) is 24.0 Å². The molecule has 4 heteroatoms. The topological polar surface area (TPSA) is 17.3 Å². The third-order valence-electron chi connectivity index (χ3n) is 1.40. The Morgan fingerprint density at radius 2 is 2.50 bits per heavy atom. The molecule has 0 aliphatic carbocycles.